The Morgan fingerprint density at radius 3 is 2.59 bits per heavy atom. The Kier molecular flexibility index (Phi) is 3.18. The molecule has 0 aliphatic heterocycles. The first-order valence-corrected chi connectivity index (χ1v) is 5.22. The predicted octanol–water partition coefficient (Wildman–Crippen LogP) is 2.71. The van der Waals surface area contributed by atoms with Gasteiger partial charge in [0, 0.05) is 18.8 Å². The second-order valence-electron chi connectivity index (χ2n) is 3.62. The largest absolute Gasteiger partial charge is 0.373 e. The molecule has 0 aliphatic carbocycles. The number of anilines is 3. The lowest BCUT2D eigenvalue weighted by atomic mass is 10.2. The summed E-state index contributed by atoms with van der Waals surface area (Å²) in [4.78, 5) is 8.10. The molecule has 5 heteroatoms. The highest BCUT2D eigenvalue weighted by Crippen LogP contribution is 2.20. The minimum Gasteiger partial charge on any atom is -0.373 e. The molecule has 0 aliphatic rings. The van der Waals surface area contributed by atoms with E-state index in [4.69, 9.17) is 0 Å². The average Bonchev–Trinajstić information content (AvgIpc) is 2.33. The van der Waals surface area contributed by atoms with Crippen LogP contribution in [0.2, 0.25) is 0 Å². The van der Waals surface area contributed by atoms with E-state index in [-0.39, 0.29) is 5.82 Å². The minimum atomic E-state index is -0.244. The molecule has 2 N–H and O–H groups in total. The summed E-state index contributed by atoms with van der Waals surface area (Å²) in [5.74, 6) is 1.15. The fourth-order valence-electron chi connectivity index (χ4n) is 1.47. The van der Waals surface area contributed by atoms with Crippen molar-refractivity contribution in [2.75, 3.05) is 17.7 Å². The molecule has 1 heterocycles. The highest BCUT2D eigenvalue weighted by atomic mass is 19.1. The first-order valence-electron chi connectivity index (χ1n) is 5.22. The SMILES string of the molecule is CNc1cc(Nc2ccc(F)cc2C)ncn1. The van der Waals surface area contributed by atoms with Gasteiger partial charge < -0.3 is 10.6 Å². The number of aromatic nitrogens is 2. The summed E-state index contributed by atoms with van der Waals surface area (Å²) in [6.07, 6.45) is 1.47. The zero-order valence-electron chi connectivity index (χ0n) is 9.66. The molecule has 0 unspecified atom stereocenters. The van der Waals surface area contributed by atoms with E-state index in [1.54, 1.807) is 19.2 Å². The Labute approximate surface area is 98.9 Å². The lowest BCUT2D eigenvalue weighted by Gasteiger charge is -2.09. The Hall–Kier alpha value is -2.17. The van der Waals surface area contributed by atoms with Crippen LogP contribution < -0.4 is 10.6 Å². The van der Waals surface area contributed by atoms with Crippen molar-refractivity contribution in [3.8, 4) is 0 Å². The number of halogens is 1. The molecular weight excluding hydrogens is 219 g/mol. The zero-order valence-corrected chi connectivity index (χ0v) is 9.66. The van der Waals surface area contributed by atoms with E-state index < -0.39 is 0 Å². The molecule has 0 radical (unpaired) electrons. The number of aryl methyl sites for hydroxylation is 1. The van der Waals surface area contributed by atoms with Gasteiger partial charge in [-0.1, -0.05) is 0 Å². The Morgan fingerprint density at radius 1 is 1.12 bits per heavy atom. The molecular formula is C12H13FN4. The summed E-state index contributed by atoms with van der Waals surface area (Å²) in [6, 6.07) is 6.35. The number of rotatable bonds is 3. The van der Waals surface area contributed by atoms with Crippen LogP contribution in [-0.4, -0.2) is 17.0 Å². The van der Waals surface area contributed by atoms with Gasteiger partial charge in [-0.15, -0.1) is 0 Å². The maximum absolute atomic E-state index is 12.9. The Balaban J connectivity index is 2.25. The van der Waals surface area contributed by atoms with Crippen LogP contribution in [0.4, 0.5) is 21.7 Å². The molecule has 0 spiro atoms. The van der Waals surface area contributed by atoms with Crippen LogP contribution in [-0.2, 0) is 0 Å². The Bertz CT molecular complexity index is 528. The van der Waals surface area contributed by atoms with Gasteiger partial charge in [0.25, 0.3) is 0 Å². The van der Waals surface area contributed by atoms with Gasteiger partial charge in [-0.3, -0.25) is 0 Å². The smallest absolute Gasteiger partial charge is 0.135 e. The van der Waals surface area contributed by atoms with Gasteiger partial charge in [-0.25, -0.2) is 14.4 Å². The lowest BCUT2D eigenvalue weighted by Crippen LogP contribution is -1.99. The van der Waals surface area contributed by atoms with E-state index in [1.807, 2.05) is 6.92 Å². The summed E-state index contributed by atoms with van der Waals surface area (Å²) in [5, 5.41) is 6.04. The fourth-order valence-corrected chi connectivity index (χ4v) is 1.47. The number of nitrogens with zero attached hydrogens (tertiary/aromatic N) is 2. The van der Waals surface area contributed by atoms with Crippen LogP contribution >= 0.6 is 0 Å². The third-order valence-electron chi connectivity index (χ3n) is 2.37. The first kappa shape index (κ1) is 11.3. The number of nitrogens with one attached hydrogen (secondary N) is 2. The molecule has 1 aromatic heterocycles. The summed E-state index contributed by atoms with van der Waals surface area (Å²) in [7, 11) is 1.79. The molecule has 88 valence electrons. The van der Waals surface area contributed by atoms with Gasteiger partial charge >= 0.3 is 0 Å². The van der Waals surface area contributed by atoms with Crippen molar-refractivity contribution in [1.29, 1.82) is 0 Å². The van der Waals surface area contributed by atoms with Crippen molar-refractivity contribution >= 4 is 17.3 Å². The highest BCUT2D eigenvalue weighted by Gasteiger charge is 2.02. The van der Waals surface area contributed by atoms with Gasteiger partial charge in [0.15, 0.2) is 0 Å². The topological polar surface area (TPSA) is 49.8 Å². The number of benzene rings is 1. The molecule has 2 aromatic rings. The first-order chi connectivity index (χ1) is 8.19. The van der Waals surface area contributed by atoms with Gasteiger partial charge in [0.2, 0.25) is 0 Å². The summed E-state index contributed by atoms with van der Waals surface area (Å²) < 4.78 is 12.9. The summed E-state index contributed by atoms with van der Waals surface area (Å²) >= 11 is 0. The second kappa shape index (κ2) is 4.78. The monoisotopic (exact) mass is 232 g/mol. The molecule has 0 atom stereocenters. The number of hydrogen-bond acceptors (Lipinski definition) is 4. The molecule has 0 saturated carbocycles. The molecule has 4 nitrogen and oxygen atoms in total. The molecule has 0 bridgehead atoms. The van der Waals surface area contributed by atoms with E-state index in [9.17, 15) is 4.39 Å². The van der Waals surface area contributed by atoms with Crippen LogP contribution in [0.25, 0.3) is 0 Å². The molecule has 0 amide bonds. The van der Waals surface area contributed by atoms with E-state index in [2.05, 4.69) is 20.6 Å². The Morgan fingerprint density at radius 2 is 1.88 bits per heavy atom. The quantitative estimate of drug-likeness (QED) is 0.854. The molecule has 17 heavy (non-hydrogen) atoms. The van der Waals surface area contributed by atoms with Crippen LogP contribution in [0.15, 0.2) is 30.6 Å². The highest BCUT2D eigenvalue weighted by molar-refractivity contribution is 5.61. The maximum atomic E-state index is 12.9. The maximum Gasteiger partial charge on any atom is 0.135 e. The van der Waals surface area contributed by atoms with E-state index in [0.29, 0.717) is 5.82 Å². The standard InChI is InChI=1S/C12H13FN4/c1-8-5-9(13)3-4-10(8)17-12-6-11(14-2)15-7-16-12/h3-7H,1-2H3,(H2,14,15,16,17). The van der Waals surface area contributed by atoms with Crippen molar-refractivity contribution in [1.82, 2.24) is 9.97 Å². The molecule has 0 saturated heterocycles. The minimum absolute atomic E-state index is 0.244. The van der Waals surface area contributed by atoms with Crippen molar-refractivity contribution < 1.29 is 4.39 Å². The zero-order chi connectivity index (χ0) is 12.3. The van der Waals surface area contributed by atoms with Crippen LogP contribution in [0.3, 0.4) is 0 Å². The lowest BCUT2D eigenvalue weighted by molar-refractivity contribution is 0.627. The van der Waals surface area contributed by atoms with E-state index in [0.717, 1.165) is 17.1 Å². The van der Waals surface area contributed by atoms with Crippen molar-refractivity contribution in [2.45, 2.75) is 6.92 Å². The molecule has 1 aromatic carbocycles. The third kappa shape index (κ3) is 2.69. The van der Waals surface area contributed by atoms with Gasteiger partial charge in [0.1, 0.15) is 23.8 Å². The van der Waals surface area contributed by atoms with Gasteiger partial charge in [0.05, 0.1) is 0 Å². The third-order valence-corrected chi connectivity index (χ3v) is 2.37. The summed E-state index contributed by atoms with van der Waals surface area (Å²) in [5.41, 5.74) is 1.65. The molecule has 0 fully saturated rings. The predicted molar refractivity (Wildman–Crippen MR) is 66.0 cm³/mol. The van der Waals surface area contributed by atoms with E-state index in [1.165, 1.54) is 18.5 Å². The van der Waals surface area contributed by atoms with Gasteiger partial charge in [-0.2, -0.15) is 0 Å². The van der Waals surface area contributed by atoms with Crippen molar-refractivity contribution in [3.05, 3.63) is 42.0 Å². The second-order valence-corrected chi connectivity index (χ2v) is 3.62. The van der Waals surface area contributed by atoms with Crippen LogP contribution in [0, 0.1) is 12.7 Å². The number of hydrogen-bond donors (Lipinski definition) is 2. The summed E-state index contributed by atoms with van der Waals surface area (Å²) in [6.45, 7) is 1.84. The van der Waals surface area contributed by atoms with Crippen molar-refractivity contribution in [2.24, 2.45) is 0 Å². The fraction of sp³-hybridized carbons (Fsp3) is 0.167. The van der Waals surface area contributed by atoms with E-state index >= 15 is 0 Å². The van der Waals surface area contributed by atoms with Crippen LogP contribution in [0.1, 0.15) is 5.56 Å². The average molecular weight is 232 g/mol. The van der Waals surface area contributed by atoms with Crippen LogP contribution in [0.5, 0.6) is 0 Å². The van der Waals surface area contributed by atoms with Gasteiger partial charge in [-0.05, 0) is 30.7 Å². The molecule has 2 rings (SSSR count). The normalized spacial score (nSPS) is 10.1. The van der Waals surface area contributed by atoms with Crippen molar-refractivity contribution in [3.63, 3.8) is 0 Å².